The summed E-state index contributed by atoms with van der Waals surface area (Å²) in [5.74, 6) is 1.12. The Kier molecular flexibility index (Phi) is 7.91. The van der Waals surface area contributed by atoms with Gasteiger partial charge in [-0.15, -0.1) is 0 Å². The van der Waals surface area contributed by atoms with Crippen molar-refractivity contribution in [1.29, 1.82) is 0 Å². The summed E-state index contributed by atoms with van der Waals surface area (Å²) >= 11 is 0. The van der Waals surface area contributed by atoms with Crippen LogP contribution in [0, 0.1) is 0 Å². The highest BCUT2D eigenvalue weighted by Gasteiger charge is 2.23. The first-order chi connectivity index (χ1) is 16.0. The van der Waals surface area contributed by atoms with Gasteiger partial charge in [0.15, 0.2) is 11.5 Å². The van der Waals surface area contributed by atoms with Crippen molar-refractivity contribution in [2.75, 3.05) is 27.9 Å². The summed E-state index contributed by atoms with van der Waals surface area (Å²) in [4.78, 5) is 25.1. The van der Waals surface area contributed by atoms with Crippen LogP contribution < -0.4 is 19.5 Å². The van der Waals surface area contributed by atoms with E-state index < -0.39 is 17.9 Å². The van der Waals surface area contributed by atoms with E-state index in [2.05, 4.69) is 10.5 Å². The van der Waals surface area contributed by atoms with Gasteiger partial charge in [0.1, 0.15) is 17.2 Å². The molecule has 1 unspecified atom stereocenters. The molecule has 174 valence electrons. The van der Waals surface area contributed by atoms with Crippen molar-refractivity contribution in [2.24, 2.45) is 0 Å². The van der Waals surface area contributed by atoms with Gasteiger partial charge in [-0.3, -0.25) is 9.59 Å². The van der Waals surface area contributed by atoms with Crippen LogP contribution in [0.2, 0.25) is 0 Å². The Bertz CT molecular complexity index is 1110. The molecule has 0 aliphatic rings. The summed E-state index contributed by atoms with van der Waals surface area (Å²) in [5.41, 5.74) is 1.32. The number of rotatable bonds is 10. The molecule has 1 N–H and O–H groups in total. The maximum atomic E-state index is 13.0. The fraction of sp³-hybridized carbons (Fsp3) is 0.292. The highest BCUT2D eigenvalue weighted by atomic mass is 16.5. The number of amides is 1. The molecule has 0 aliphatic carbocycles. The van der Waals surface area contributed by atoms with E-state index in [1.165, 1.54) is 13.2 Å². The molecular weight excluding hydrogens is 428 g/mol. The molecule has 0 radical (unpaired) electrons. The number of nitrogens with zero attached hydrogens (tertiary/aromatic N) is 1. The van der Waals surface area contributed by atoms with Crippen molar-refractivity contribution >= 4 is 11.9 Å². The highest BCUT2D eigenvalue weighted by molar-refractivity contribution is 5.94. The minimum atomic E-state index is -0.654. The first kappa shape index (κ1) is 23.6. The molecular formula is C24H26N2O7. The van der Waals surface area contributed by atoms with Gasteiger partial charge in [0.25, 0.3) is 5.91 Å². The molecule has 0 aliphatic heterocycles. The van der Waals surface area contributed by atoms with E-state index in [0.29, 0.717) is 34.1 Å². The average Bonchev–Trinajstić information content (AvgIpc) is 3.33. The van der Waals surface area contributed by atoms with E-state index in [4.69, 9.17) is 23.5 Å². The standard InChI is InChI=1S/C24H26N2O7/c1-5-32-23(27)14-19(15-7-6-8-16(11-15)29-2)25-24(28)20-13-22(33-26-20)18-12-17(30-3)9-10-21(18)31-4/h6-13,19H,5,14H2,1-4H3,(H,25,28). The molecule has 1 atom stereocenters. The highest BCUT2D eigenvalue weighted by Crippen LogP contribution is 2.34. The van der Waals surface area contributed by atoms with Crippen LogP contribution >= 0.6 is 0 Å². The Morgan fingerprint density at radius 3 is 2.45 bits per heavy atom. The third-order valence-electron chi connectivity index (χ3n) is 4.89. The fourth-order valence-electron chi connectivity index (χ4n) is 3.25. The molecule has 1 aromatic heterocycles. The Labute approximate surface area is 191 Å². The van der Waals surface area contributed by atoms with Gasteiger partial charge >= 0.3 is 5.97 Å². The van der Waals surface area contributed by atoms with E-state index in [-0.39, 0.29) is 18.7 Å². The van der Waals surface area contributed by atoms with Gasteiger partial charge in [-0.1, -0.05) is 17.3 Å². The van der Waals surface area contributed by atoms with Crippen molar-refractivity contribution in [2.45, 2.75) is 19.4 Å². The molecule has 0 spiro atoms. The largest absolute Gasteiger partial charge is 0.497 e. The number of ether oxygens (including phenoxy) is 4. The van der Waals surface area contributed by atoms with Crippen LogP contribution in [0.3, 0.4) is 0 Å². The van der Waals surface area contributed by atoms with Gasteiger partial charge in [-0.25, -0.2) is 0 Å². The minimum absolute atomic E-state index is 0.0478. The summed E-state index contributed by atoms with van der Waals surface area (Å²) < 4.78 is 26.4. The average molecular weight is 454 g/mol. The first-order valence-corrected chi connectivity index (χ1v) is 10.3. The number of nitrogens with one attached hydrogen (secondary N) is 1. The number of aromatic nitrogens is 1. The molecule has 9 heteroatoms. The van der Waals surface area contributed by atoms with E-state index in [9.17, 15) is 9.59 Å². The van der Waals surface area contributed by atoms with Crippen LogP contribution in [0.4, 0.5) is 0 Å². The zero-order chi connectivity index (χ0) is 23.8. The van der Waals surface area contributed by atoms with Crippen molar-refractivity contribution in [3.63, 3.8) is 0 Å². The summed E-state index contributed by atoms with van der Waals surface area (Å²) in [6.07, 6.45) is -0.0544. The monoisotopic (exact) mass is 454 g/mol. The topological polar surface area (TPSA) is 109 Å². The van der Waals surface area contributed by atoms with Crippen LogP contribution in [-0.4, -0.2) is 45.0 Å². The number of carbonyl (C=O) groups excluding carboxylic acids is 2. The molecule has 1 heterocycles. The van der Waals surface area contributed by atoms with Crippen LogP contribution in [0.5, 0.6) is 17.2 Å². The van der Waals surface area contributed by atoms with Gasteiger partial charge in [0, 0.05) is 6.07 Å². The second kappa shape index (κ2) is 11.0. The Hall–Kier alpha value is -4.01. The number of hydrogen-bond donors (Lipinski definition) is 1. The third-order valence-corrected chi connectivity index (χ3v) is 4.89. The van der Waals surface area contributed by atoms with Crippen LogP contribution in [0.1, 0.15) is 35.4 Å². The molecule has 1 amide bonds. The molecule has 9 nitrogen and oxygen atoms in total. The molecule has 0 saturated carbocycles. The third kappa shape index (κ3) is 5.82. The maximum Gasteiger partial charge on any atom is 0.308 e. The van der Waals surface area contributed by atoms with E-state index in [0.717, 1.165) is 0 Å². The second-order valence-corrected chi connectivity index (χ2v) is 6.95. The second-order valence-electron chi connectivity index (χ2n) is 6.95. The lowest BCUT2D eigenvalue weighted by atomic mass is 10.0. The lowest BCUT2D eigenvalue weighted by Gasteiger charge is -2.18. The fourth-order valence-corrected chi connectivity index (χ4v) is 3.25. The molecule has 0 bridgehead atoms. The van der Waals surface area contributed by atoms with Crippen LogP contribution in [0.25, 0.3) is 11.3 Å². The summed E-state index contributed by atoms with van der Waals surface area (Å²) in [5, 5.41) is 6.73. The molecule has 0 saturated heterocycles. The maximum absolute atomic E-state index is 13.0. The zero-order valence-corrected chi connectivity index (χ0v) is 18.9. The number of methoxy groups -OCH3 is 3. The smallest absolute Gasteiger partial charge is 0.308 e. The zero-order valence-electron chi connectivity index (χ0n) is 18.9. The van der Waals surface area contributed by atoms with Gasteiger partial charge in [-0.05, 0) is 42.8 Å². The summed E-state index contributed by atoms with van der Waals surface area (Å²) in [6.45, 7) is 1.97. The number of benzene rings is 2. The lowest BCUT2D eigenvalue weighted by molar-refractivity contribution is -0.143. The normalized spacial score (nSPS) is 11.4. The molecule has 2 aromatic carbocycles. The number of esters is 1. The van der Waals surface area contributed by atoms with E-state index in [1.807, 2.05) is 0 Å². The van der Waals surface area contributed by atoms with E-state index >= 15 is 0 Å². The summed E-state index contributed by atoms with van der Waals surface area (Å²) in [7, 11) is 4.62. The van der Waals surface area contributed by atoms with Crippen LogP contribution in [0.15, 0.2) is 53.1 Å². The molecule has 33 heavy (non-hydrogen) atoms. The Morgan fingerprint density at radius 2 is 1.76 bits per heavy atom. The SMILES string of the molecule is CCOC(=O)CC(NC(=O)c1cc(-c2cc(OC)ccc2OC)on1)c1cccc(OC)c1. The Morgan fingerprint density at radius 1 is 1.00 bits per heavy atom. The minimum Gasteiger partial charge on any atom is -0.497 e. The van der Waals surface area contributed by atoms with E-state index in [1.54, 1.807) is 63.6 Å². The van der Waals surface area contributed by atoms with Crippen molar-refractivity contribution < 1.29 is 33.1 Å². The number of carbonyl (C=O) groups is 2. The van der Waals surface area contributed by atoms with Gasteiger partial charge in [-0.2, -0.15) is 0 Å². The molecule has 3 rings (SSSR count). The van der Waals surface area contributed by atoms with Crippen molar-refractivity contribution in [1.82, 2.24) is 10.5 Å². The van der Waals surface area contributed by atoms with Crippen molar-refractivity contribution in [3.05, 3.63) is 59.8 Å². The van der Waals surface area contributed by atoms with Crippen molar-refractivity contribution in [3.8, 4) is 28.6 Å². The predicted molar refractivity (Wildman–Crippen MR) is 119 cm³/mol. The molecule has 3 aromatic rings. The Balaban J connectivity index is 1.85. The van der Waals surface area contributed by atoms with Gasteiger partial charge < -0.3 is 28.8 Å². The predicted octanol–water partition coefficient (Wildman–Crippen LogP) is 3.79. The number of hydrogen-bond acceptors (Lipinski definition) is 8. The van der Waals surface area contributed by atoms with Gasteiger partial charge in [0.05, 0.1) is 46.0 Å². The van der Waals surface area contributed by atoms with Gasteiger partial charge in [0.2, 0.25) is 0 Å². The lowest BCUT2D eigenvalue weighted by Crippen LogP contribution is -2.31. The molecule has 0 fully saturated rings. The summed E-state index contributed by atoms with van der Waals surface area (Å²) in [6, 6.07) is 13.1. The first-order valence-electron chi connectivity index (χ1n) is 10.3. The van der Waals surface area contributed by atoms with Crippen LogP contribution in [-0.2, 0) is 9.53 Å². The quantitative estimate of drug-likeness (QED) is 0.461.